The lowest BCUT2D eigenvalue weighted by atomic mass is 9.99. The first-order valence-electron chi connectivity index (χ1n) is 7.90. The van der Waals surface area contributed by atoms with Crippen molar-refractivity contribution >= 4 is 23.0 Å². The van der Waals surface area contributed by atoms with Crippen LogP contribution in [0.2, 0.25) is 0 Å². The molecule has 0 saturated heterocycles. The van der Waals surface area contributed by atoms with Gasteiger partial charge in [-0.1, -0.05) is 38.1 Å². The van der Waals surface area contributed by atoms with E-state index in [1.165, 1.54) is 5.56 Å². The molecule has 0 aliphatic carbocycles. The Kier molecular flexibility index (Phi) is 6.41. The molecular formula is C19H24N2OS. The third-order valence-electron chi connectivity index (χ3n) is 3.96. The first-order chi connectivity index (χ1) is 11.1. The normalized spacial score (nSPS) is 11.6. The highest BCUT2D eigenvalue weighted by Crippen LogP contribution is 2.20. The number of hydrogen-bond acceptors (Lipinski definition) is 2. The van der Waals surface area contributed by atoms with Gasteiger partial charge in [0.2, 0.25) is 0 Å². The highest BCUT2D eigenvalue weighted by molar-refractivity contribution is 7.80. The van der Waals surface area contributed by atoms with Crippen molar-refractivity contribution in [3.63, 3.8) is 0 Å². The Bertz CT molecular complexity index is 623. The smallest absolute Gasteiger partial charge is 0.171 e. The summed E-state index contributed by atoms with van der Waals surface area (Å²) in [5, 5.41) is 7.05. The number of rotatable bonds is 6. The third-order valence-corrected chi connectivity index (χ3v) is 4.21. The maximum atomic E-state index is 5.34. The van der Waals surface area contributed by atoms with Crippen LogP contribution in [0.3, 0.4) is 0 Å². The topological polar surface area (TPSA) is 33.3 Å². The van der Waals surface area contributed by atoms with Gasteiger partial charge in [0.15, 0.2) is 5.11 Å². The average molecular weight is 328 g/mol. The van der Waals surface area contributed by atoms with E-state index in [-0.39, 0.29) is 0 Å². The van der Waals surface area contributed by atoms with Crippen LogP contribution in [0.25, 0.3) is 0 Å². The molecule has 3 nitrogen and oxygen atoms in total. The van der Waals surface area contributed by atoms with Gasteiger partial charge in [-0.25, -0.2) is 0 Å². The van der Waals surface area contributed by atoms with Crippen LogP contribution in [-0.2, 0) is 6.54 Å². The minimum atomic E-state index is 0.587. The van der Waals surface area contributed by atoms with Crippen LogP contribution in [0.15, 0.2) is 48.5 Å². The van der Waals surface area contributed by atoms with E-state index in [9.17, 15) is 0 Å². The number of nitrogens with one attached hydrogen (secondary N) is 2. The third kappa shape index (κ3) is 5.25. The molecule has 2 aromatic rings. The molecule has 0 bridgehead atoms. The summed E-state index contributed by atoms with van der Waals surface area (Å²) < 4.78 is 5.15. The second-order valence-electron chi connectivity index (χ2n) is 5.59. The van der Waals surface area contributed by atoms with Crippen molar-refractivity contribution in [2.75, 3.05) is 12.4 Å². The van der Waals surface area contributed by atoms with Gasteiger partial charge in [-0.15, -0.1) is 0 Å². The molecule has 4 heteroatoms. The van der Waals surface area contributed by atoms with E-state index in [0.717, 1.165) is 23.4 Å². The molecule has 2 N–H and O–H groups in total. The molecule has 1 atom stereocenters. The Morgan fingerprint density at radius 1 is 1.09 bits per heavy atom. The molecule has 0 aliphatic heterocycles. The molecule has 122 valence electrons. The van der Waals surface area contributed by atoms with Crippen LogP contribution in [0, 0.1) is 0 Å². The second kappa shape index (κ2) is 8.53. The van der Waals surface area contributed by atoms with Crippen molar-refractivity contribution < 1.29 is 4.74 Å². The maximum absolute atomic E-state index is 5.34. The van der Waals surface area contributed by atoms with E-state index in [4.69, 9.17) is 17.0 Å². The molecule has 0 unspecified atom stereocenters. The first-order valence-corrected chi connectivity index (χ1v) is 8.31. The van der Waals surface area contributed by atoms with E-state index in [1.807, 2.05) is 24.3 Å². The van der Waals surface area contributed by atoms with E-state index in [0.29, 0.717) is 17.6 Å². The molecule has 2 aromatic carbocycles. The summed E-state index contributed by atoms with van der Waals surface area (Å²) in [6.45, 7) is 5.12. The van der Waals surface area contributed by atoms with Crippen molar-refractivity contribution in [3.8, 4) is 5.75 Å². The molecule has 0 saturated carbocycles. The maximum Gasteiger partial charge on any atom is 0.171 e. The fourth-order valence-corrected chi connectivity index (χ4v) is 2.42. The predicted molar refractivity (Wildman–Crippen MR) is 101 cm³/mol. The SMILES string of the molecule is CC[C@H](C)c1ccc(NC(=S)NCc2ccc(OC)cc2)cc1. The average Bonchev–Trinajstić information content (AvgIpc) is 2.60. The van der Waals surface area contributed by atoms with Gasteiger partial charge in [-0.2, -0.15) is 0 Å². The zero-order chi connectivity index (χ0) is 16.7. The van der Waals surface area contributed by atoms with E-state index < -0.39 is 0 Å². The van der Waals surface area contributed by atoms with Gasteiger partial charge in [0, 0.05) is 12.2 Å². The van der Waals surface area contributed by atoms with Gasteiger partial charge < -0.3 is 15.4 Å². The summed E-state index contributed by atoms with van der Waals surface area (Å²) in [6.07, 6.45) is 1.15. The quantitative estimate of drug-likeness (QED) is 0.753. The first kappa shape index (κ1) is 17.3. The number of anilines is 1. The Balaban J connectivity index is 1.84. The van der Waals surface area contributed by atoms with Crippen LogP contribution >= 0.6 is 12.2 Å². The Labute approximate surface area is 144 Å². The van der Waals surface area contributed by atoms with Gasteiger partial charge >= 0.3 is 0 Å². The van der Waals surface area contributed by atoms with Crippen molar-refractivity contribution in [2.45, 2.75) is 32.7 Å². The van der Waals surface area contributed by atoms with Gasteiger partial charge in [0.1, 0.15) is 5.75 Å². The van der Waals surface area contributed by atoms with Gasteiger partial charge in [-0.3, -0.25) is 0 Å². The fraction of sp³-hybridized carbons (Fsp3) is 0.316. The predicted octanol–water partition coefficient (Wildman–Crippen LogP) is 4.70. The molecule has 0 spiro atoms. The standard InChI is InChI=1S/C19H24N2OS/c1-4-14(2)16-7-9-17(10-8-16)21-19(23)20-13-15-5-11-18(22-3)12-6-15/h5-12,14H,4,13H2,1-3H3,(H2,20,21,23)/t14-/m0/s1. The molecule has 2 rings (SSSR count). The zero-order valence-electron chi connectivity index (χ0n) is 13.9. The highest BCUT2D eigenvalue weighted by atomic mass is 32.1. The van der Waals surface area contributed by atoms with Crippen LogP contribution in [0.1, 0.15) is 37.3 Å². The lowest BCUT2D eigenvalue weighted by Gasteiger charge is -2.13. The number of benzene rings is 2. The molecule has 0 amide bonds. The number of hydrogen-bond donors (Lipinski definition) is 2. The summed E-state index contributed by atoms with van der Waals surface area (Å²) in [6, 6.07) is 16.4. The highest BCUT2D eigenvalue weighted by Gasteiger charge is 2.03. The second-order valence-corrected chi connectivity index (χ2v) is 6.00. The van der Waals surface area contributed by atoms with E-state index in [2.05, 4.69) is 48.7 Å². The summed E-state index contributed by atoms with van der Waals surface area (Å²) in [5.74, 6) is 1.44. The van der Waals surface area contributed by atoms with Gasteiger partial charge in [0.05, 0.1) is 7.11 Å². The Morgan fingerprint density at radius 2 is 1.74 bits per heavy atom. The van der Waals surface area contributed by atoms with Crippen molar-refractivity contribution in [3.05, 3.63) is 59.7 Å². The lowest BCUT2D eigenvalue weighted by Crippen LogP contribution is -2.27. The van der Waals surface area contributed by atoms with Crippen molar-refractivity contribution in [1.29, 1.82) is 0 Å². The molecule has 0 radical (unpaired) electrons. The summed E-state index contributed by atoms with van der Waals surface area (Å²) >= 11 is 5.34. The number of thiocarbonyl (C=S) groups is 1. The van der Waals surface area contributed by atoms with Crippen LogP contribution in [0.4, 0.5) is 5.69 Å². The summed E-state index contributed by atoms with van der Waals surface area (Å²) in [4.78, 5) is 0. The Hall–Kier alpha value is -2.07. The summed E-state index contributed by atoms with van der Waals surface area (Å²) in [5.41, 5.74) is 3.52. The van der Waals surface area contributed by atoms with Crippen molar-refractivity contribution in [1.82, 2.24) is 5.32 Å². The minimum absolute atomic E-state index is 0.587. The molecule has 0 aliphatic rings. The van der Waals surface area contributed by atoms with Crippen LogP contribution < -0.4 is 15.4 Å². The largest absolute Gasteiger partial charge is 0.497 e. The van der Waals surface area contributed by atoms with Crippen molar-refractivity contribution in [2.24, 2.45) is 0 Å². The minimum Gasteiger partial charge on any atom is -0.497 e. The van der Waals surface area contributed by atoms with Crippen LogP contribution in [-0.4, -0.2) is 12.2 Å². The van der Waals surface area contributed by atoms with Gasteiger partial charge in [-0.05, 0) is 59.9 Å². The molecule has 0 heterocycles. The van der Waals surface area contributed by atoms with Gasteiger partial charge in [0.25, 0.3) is 0 Å². The molecule has 23 heavy (non-hydrogen) atoms. The molecule has 0 fully saturated rings. The number of ether oxygens (including phenoxy) is 1. The summed E-state index contributed by atoms with van der Waals surface area (Å²) in [7, 11) is 1.67. The lowest BCUT2D eigenvalue weighted by molar-refractivity contribution is 0.414. The molecule has 0 aromatic heterocycles. The monoisotopic (exact) mass is 328 g/mol. The fourth-order valence-electron chi connectivity index (χ4n) is 2.23. The Morgan fingerprint density at radius 3 is 2.30 bits per heavy atom. The van der Waals surface area contributed by atoms with E-state index in [1.54, 1.807) is 7.11 Å². The zero-order valence-corrected chi connectivity index (χ0v) is 14.7. The van der Waals surface area contributed by atoms with E-state index >= 15 is 0 Å². The molecular weight excluding hydrogens is 304 g/mol. The number of methoxy groups -OCH3 is 1. The van der Waals surface area contributed by atoms with Crippen LogP contribution in [0.5, 0.6) is 5.75 Å².